The fourth-order valence-corrected chi connectivity index (χ4v) is 4.91. The van der Waals surface area contributed by atoms with Gasteiger partial charge in [-0.2, -0.15) is 10.2 Å². The molecule has 3 aromatic rings. The minimum atomic E-state index is -0.0309. The first-order chi connectivity index (χ1) is 17.0. The standard InChI is InChI=1S/C27H29N5O3/c1-17(2)34-24-12-9-18(15-19(24)16-28)26-30-25(31-35-26)22-8-6-7-21-20(22)10-11-23(21)29-27(33)32-13-4-3-5-14-32/h6-9,12,15,17,23H,3-5,10-11,13-14H2,1-2H3,(H,29,33)/t23-/m1/s1. The molecule has 2 aromatic carbocycles. The topological polar surface area (TPSA) is 104 Å². The highest BCUT2D eigenvalue weighted by molar-refractivity contribution is 5.75. The number of hydrogen-bond acceptors (Lipinski definition) is 6. The van der Waals surface area contributed by atoms with Crippen LogP contribution in [0.15, 0.2) is 40.9 Å². The van der Waals surface area contributed by atoms with Crippen LogP contribution in [-0.4, -0.2) is 40.3 Å². The molecule has 1 N–H and O–H groups in total. The molecule has 8 heteroatoms. The van der Waals surface area contributed by atoms with E-state index >= 15 is 0 Å². The molecule has 1 atom stereocenters. The monoisotopic (exact) mass is 471 g/mol. The average molecular weight is 472 g/mol. The number of urea groups is 1. The summed E-state index contributed by atoms with van der Waals surface area (Å²) in [5.41, 5.74) is 4.25. The molecule has 1 aliphatic carbocycles. The number of benzene rings is 2. The summed E-state index contributed by atoms with van der Waals surface area (Å²) in [4.78, 5) is 19.3. The SMILES string of the molecule is CC(C)Oc1ccc(-c2nc(-c3cccc4c3CC[C@H]4NC(=O)N3CCCCC3)no2)cc1C#N. The Balaban J connectivity index is 1.37. The second kappa shape index (κ2) is 9.79. The van der Waals surface area contributed by atoms with Crippen LogP contribution in [0, 0.1) is 11.3 Å². The molecule has 0 spiro atoms. The maximum absolute atomic E-state index is 12.8. The highest BCUT2D eigenvalue weighted by Gasteiger charge is 2.29. The van der Waals surface area contributed by atoms with Crippen molar-refractivity contribution in [2.45, 2.75) is 58.1 Å². The molecule has 5 rings (SSSR count). The second-order valence-corrected chi connectivity index (χ2v) is 9.37. The lowest BCUT2D eigenvalue weighted by Gasteiger charge is -2.28. The van der Waals surface area contributed by atoms with Gasteiger partial charge in [0.25, 0.3) is 5.89 Å². The zero-order valence-electron chi connectivity index (χ0n) is 20.1. The van der Waals surface area contributed by atoms with Crippen LogP contribution in [0.2, 0.25) is 0 Å². The number of carbonyl (C=O) groups excluding carboxylic acids is 1. The molecule has 180 valence electrons. The molecule has 0 radical (unpaired) electrons. The molecule has 35 heavy (non-hydrogen) atoms. The zero-order valence-corrected chi connectivity index (χ0v) is 20.1. The smallest absolute Gasteiger partial charge is 0.317 e. The Labute approximate surface area is 204 Å². The van der Waals surface area contributed by atoms with E-state index in [1.165, 1.54) is 6.42 Å². The molecule has 2 amide bonds. The van der Waals surface area contributed by atoms with E-state index in [0.717, 1.165) is 55.5 Å². The van der Waals surface area contributed by atoms with Crippen LogP contribution in [0.5, 0.6) is 5.75 Å². The second-order valence-electron chi connectivity index (χ2n) is 9.37. The molecule has 1 saturated heterocycles. The number of carbonyl (C=O) groups is 1. The highest BCUT2D eigenvalue weighted by atomic mass is 16.5. The summed E-state index contributed by atoms with van der Waals surface area (Å²) in [6.07, 6.45) is 4.99. The molecule has 1 fully saturated rings. The molecule has 8 nitrogen and oxygen atoms in total. The Morgan fingerprint density at radius 2 is 2.06 bits per heavy atom. The predicted octanol–water partition coefficient (Wildman–Crippen LogP) is 5.25. The van der Waals surface area contributed by atoms with Crippen LogP contribution in [0.4, 0.5) is 4.79 Å². The van der Waals surface area contributed by atoms with Gasteiger partial charge in [-0.15, -0.1) is 0 Å². The van der Waals surface area contributed by atoms with Crippen molar-refractivity contribution < 1.29 is 14.1 Å². The van der Waals surface area contributed by atoms with Gasteiger partial charge in [-0.05, 0) is 75.3 Å². The van der Waals surface area contributed by atoms with Gasteiger partial charge in [-0.3, -0.25) is 0 Å². The van der Waals surface area contributed by atoms with E-state index in [2.05, 4.69) is 27.6 Å². The highest BCUT2D eigenvalue weighted by Crippen LogP contribution is 2.38. The van der Waals surface area contributed by atoms with E-state index < -0.39 is 0 Å². The van der Waals surface area contributed by atoms with Crippen LogP contribution in [-0.2, 0) is 6.42 Å². The van der Waals surface area contributed by atoms with Crippen molar-refractivity contribution in [3.8, 4) is 34.7 Å². The lowest BCUT2D eigenvalue weighted by molar-refractivity contribution is 0.182. The third-order valence-corrected chi connectivity index (χ3v) is 6.59. The Hall–Kier alpha value is -3.86. The molecule has 0 saturated carbocycles. The Morgan fingerprint density at radius 1 is 1.23 bits per heavy atom. The number of rotatable bonds is 5. The summed E-state index contributed by atoms with van der Waals surface area (Å²) < 4.78 is 11.3. The fraction of sp³-hybridized carbons (Fsp3) is 0.407. The van der Waals surface area contributed by atoms with Gasteiger partial charge in [0, 0.05) is 24.2 Å². The largest absolute Gasteiger partial charge is 0.490 e. The van der Waals surface area contributed by atoms with Gasteiger partial charge < -0.3 is 19.5 Å². The number of likely N-dealkylation sites (tertiary alicyclic amines) is 1. The lowest BCUT2D eigenvalue weighted by Crippen LogP contribution is -2.43. The lowest BCUT2D eigenvalue weighted by atomic mass is 10.0. The third-order valence-electron chi connectivity index (χ3n) is 6.59. The predicted molar refractivity (Wildman–Crippen MR) is 131 cm³/mol. The summed E-state index contributed by atoms with van der Waals surface area (Å²) in [6, 6.07) is 13.5. The van der Waals surface area contributed by atoms with Crippen molar-refractivity contribution in [2.75, 3.05) is 13.1 Å². The van der Waals surface area contributed by atoms with E-state index in [4.69, 9.17) is 9.26 Å². The molecule has 1 aromatic heterocycles. The quantitative estimate of drug-likeness (QED) is 0.545. The molecular weight excluding hydrogens is 442 g/mol. The Kier molecular flexibility index (Phi) is 6.41. The van der Waals surface area contributed by atoms with Crippen molar-refractivity contribution in [1.82, 2.24) is 20.4 Å². The maximum Gasteiger partial charge on any atom is 0.317 e. The Morgan fingerprint density at radius 3 is 2.83 bits per heavy atom. The van der Waals surface area contributed by atoms with Crippen molar-refractivity contribution >= 4 is 6.03 Å². The molecule has 1 aliphatic heterocycles. The first kappa shape index (κ1) is 22.9. The third kappa shape index (κ3) is 4.72. The van der Waals surface area contributed by atoms with Gasteiger partial charge in [0.1, 0.15) is 11.8 Å². The number of ether oxygens (including phenoxy) is 1. The molecule has 2 heterocycles. The van der Waals surface area contributed by atoms with E-state index in [1.54, 1.807) is 12.1 Å². The molecule has 0 bridgehead atoms. The average Bonchev–Trinajstić information content (AvgIpc) is 3.52. The van der Waals surface area contributed by atoms with Gasteiger partial charge in [0.2, 0.25) is 5.82 Å². The van der Waals surface area contributed by atoms with Gasteiger partial charge in [-0.1, -0.05) is 23.4 Å². The number of aromatic nitrogens is 2. The zero-order chi connectivity index (χ0) is 24.4. The van der Waals surface area contributed by atoms with Crippen LogP contribution in [0.1, 0.15) is 62.3 Å². The summed E-state index contributed by atoms with van der Waals surface area (Å²) >= 11 is 0. The van der Waals surface area contributed by atoms with E-state index in [1.807, 2.05) is 36.9 Å². The number of piperidine rings is 1. The van der Waals surface area contributed by atoms with Crippen molar-refractivity contribution in [3.05, 3.63) is 53.1 Å². The summed E-state index contributed by atoms with van der Waals surface area (Å²) in [5, 5.41) is 17.0. The summed E-state index contributed by atoms with van der Waals surface area (Å²) in [6.45, 7) is 5.49. The summed E-state index contributed by atoms with van der Waals surface area (Å²) in [7, 11) is 0. The van der Waals surface area contributed by atoms with Gasteiger partial charge in [0.15, 0.2) is 0 Å². The number of hydrogen-bond donors (Lipinski definition) is 1. The minimum absolute atomic E-state index is 0.0163. The number of fused-ring (bicyclic) bond motifs is 1. The minimum Gasteiger partial charge on any atom is -0.490 e. The van der Waals surface area contributed by atoms with Crippen LogP contribution in [0.3, 0.4) is 0 Å². The van der Waals surface area contributed by atoms with E-state index in [9.17, 15) is 10.1 Å². The molecule has 2 aliphatic rings. The van der Waals surface area contributed by atoms with Gasteiger partial charge >= 0.3 is 6.03 Å². The van der Waals surface area contributed by atoms with Gasteiger partial charge in [-0.25, -0.2) is 4.79 Å². The maximum atomic E-state index is 12.8. The number of nitrogens with one attached hydrogen (secondary N) is 1. The molecule has 0 unspecified atom stereocenters. The number of amides is 2. The van der Waals surface area contributed by atoms with Crippen LogP contribution < -0.4 is 10.1 Å². The first-order valence-electron chi connectivity index (χ1n) is 12.3. The van der Waals surface area contributed by atoms with Gasteiger partial charge in [0.05, 0.1) is 17.7 Å². The van der Waals surface area contributed by atoms with Crippen molar-refractivity contribution in [1.29, 1.82) is 5.26 Å². The number of nitriles is 1. The van der Waals surface area contributed by atoms with Crippen molar-refractivity contribution in [2.24, 2.45) is 0 Å². The van der Waals surface area contributed by atoms with Crippen molar-refractivity contribution in [3.63, 3.8) is 0 Å². The first-order valence-corrected chi connectivity index (χ1v) is 12.3. The van der Waals surface area contributed by atoms with E-state index in [-0.39, 0.29) is 18.2 Å². The fourth-order valence-electron chi connectivity index (χ4n) is 4.91. The normalized spacial score (nSPS) is 17.2. The van der Waals surface area contributed by atoms with E-state index in [0.29, 0.717) is 28.6 Å². The molecular formula is C27H29N5O3. The van der Waals surface area contributed by atoms with Crippen LogP contribution >= 0.6 is 0 Å². The Bertz CT molecular complexity index is 1270. The number of nitrogens with zero attached hydrogens (tertiary/aromatic N) is 4. The van der Waals surface area contributed by atoms with Crippen LogP contribution in [0.25, 0.3) is 22.8 Å². The summed E-state index contributed by atoms with van der Waals surface area (Å²) in [5.74, 6) is 1.38.